The number of aromatic nitrogens is 3. The van der Waals surface area contributed by atoms with Crippen molar-refractivity contribution in [2.75, 3.05) is 19.0 Å². The highest BCUT2D eigenvalue weighted by molar-refractivity contribution is 6.34. The Kier molecular flexibility index (Phi) is 5.55. The quantitative estimate of drug-likeness (QED) is 0.628. The minimum absolute atomic E-state index is 0.0860. The first-order valence-corrected chi connectivity index (χ1v) is 8.52. The van der Waals surface area contributed by atoms with Crippen LogP contribution < -0.4 is 15.6 Å². The number of aromatic amines is 1. The minimum Gasteiger partial charge on any atom is -0.467 e. The maximum Gasteiger partial charge on any atom is 0.338 e. The van der Waals surface area contributed by atoms with Gasteiger partial charge in [0.05, 0.1) is 30.0 Å². The smallest absolute Gasteiger partial charge is 0.338 e. The van der Waals surface area contributed by atoms with Crippen molar-refractivity contribution in [2.45, 2.75) is 6.92 Å². The van der Waals surface area contributed by atoms with E-state index < -0.39 is 17.4 Å². The average Bonchev–Trinajstić information content (AvgIpc) is 2.68. The summed E-state index contributed by atoms with van der Waals surface area (Å²) in [4.78, 5) is 47.2. The van der Waals surface area contributed by atoms with Gasteiger partial charge in [-0.05, 0) is 31.2 Å². The Morgan fingerprint density at radius 3 is 2.79 bits per heavy atom. The van der Waals surface area contributed by atoms with Crippen molar-refractivity contribution in [3.8, 4) is 6.01 Å². The molecule has 0 saturated carbocycles. The number of rotatable bonds is 5. The fourth-order valence-corrected chi connectivity index (χ4v) is 2.56. The van der Waals surface area contributed by atoms with E-state index in [0.29, 0.717) is 5.39 Å². The summed E-state index contributed by atoms with van der Waals surface area (Å²) < 4.78 is 9.83. The van der Waals surface area contributed by atoms with Gasteiger partial charge in [-0.25, -0.2) is 9.78 Å². The van der Waals surface area contributed by atoms with Gasteiger partial charge in [0.15, 0.2) is 0 Å². The van der Waals surface area contributed by atoms with Gasteiger partial charge < -0.3 is 19.8 Å². The lowest BCUT2D eigenvalue weighted by Crippen LogP contribution is -2.23. The average molecular weight is 403 g/mol. The molecular weight excluding hydrogens is 388 g/mol. The number of fused-ring (bicyclic) bond motifs is 1. The van der Waals surface area contributed by atoms with Crippen LogP contribution in [0.1, 0.15) is 27.6 Å². The van der Waals surface area contributed by atoms with Crippen LogP contribution in [0.4, 0.5) is 5.69 Å². The van der Waals surface area contributed by atoms with Crippen LogP contribution in [0.2, 0.25) is 5.02 Å². The lowest BCUT2D eigenvalue weighted by molar-refractivity contribution is 0.0526. The van der Waals surface area contributed by atoms with Crippen LogP contribution in [0.3, 0.4) is 0 Å². The number of pyridine rings is 1. The summed E-state index contributed by atoms with van der Waals surface area (Å²) in [7, 11) is 1.40. The van der Waals surface area contributed by atoms with Gasteiger partial charge >= 0.3 is 12.0 Å². The van der Waals surface area contributed by atoms with E-state index in [-0.39, 0.29) is 40.1 Å². The molecule has 3 aromatic rings. The number of carbonyl (C=O) groups excluding carboxylic acids is 2. The molecule has 0 bridgehead atoms. The molecule has 144 valence electrons. The molecule has 2 N–H and O–H groups in total. The third-order valence-electron chi connectivity index (χ3n) is 3.72. The number of esters is 1. The summed E-state index contributed by atoms with van der Waals surface area (Å²) in [6.07, 6.45) is 1.42. The largest absolute Gasteiger partial charge is 0.467 e. The summed E-state index contributed by atoms with van der Waals surface area (Å²) in [5.74, 6) is -1.26. The lowest BCUT2D eigenvalue weighted by atomic mass is 10.1. The first-order chi connectivity index (χ1) is 13.4. The molecule has 0 aliphatic carbocycles. The van der Waals surface area contributed by atoms with E-state index >= 15 is 0 Å². The van der Waals surface area contributed by atoms with Crippen molar-refractivity contribution >= 4 is 40.2 Å². The molecule has 1 aromatic carbocycles. The van der Waals surface area contributed by atoms with E-state index in [9.17, 15) is 14.4 Å². The number of nitrogens with zero attached hydrogens (tertiary/aromatic N) is 2. The van der Waals surface area contributed by atoms with Crippen LogP contribution >= 0.6 is 11.6 Å². The fraction of sp³-hybridized carbons (Fsp3) is 0.167. The first kappa shape index (κ1) is 19.3. The minimum atomic E-state index is -0.707. The zero-order valence-electron chi connectivity index (χ0n) is 14.9. The number of anilines is 1. The van der Waals surface area contributed by atoms with E-state index in [2.05, 4.69) is 20.3 Å². The maximum absolute atomic E-state index is 12.6. The number of methoxy groups -OCH3 is 1. The summed E-state index contributed by atoms with van der Waals surface area (Å²) in [6.45, 7) is 1.89. The second kappa shape index (κ2) is 8.05. The predicted molar refractivity (Wildman–Crippen MR) is 102 cm³/mol. The molecule has 0 saturated heterocycles. The number of carbonyl (C=O) groups is 2. The third kappa shape index (κ3) is 3.94. The molecule has 0 atom stereocenters. The van der Waals surface area contributed by atoms with Crippen molar-refractivity contribution in [3.63, 3.8) is 0 Å². The fourth-order valence-electron chi connectivity index (χ4n) is 2.40. The van der Waals surface area contributed by atoms with Gasteiger partial charge in [-0.1, -0.05) is 11.6 Å². The molecule has 0 spiro atoms. The Balaban J connectivity index is 1.93. The number of hydrogen-bond acceptors (Lipinski definition) is 7. The molecule has 0 fully saturated rings. The van der Waals surface area contributed by atoms with Crippen LogP contribution in [-0.4, -0.2) is 40.5 Å². The molecule has 9 nitrogen and oxygen atoms in total. The van der Waals surface area contributed by atoms with Crippen LogP contribution in [-0.2, 0) is 4.74 Å². The SMILES string of the molecule is CCOC(=O)c1ccc(Cl)c(NC(=O)c2cc3cnc(OC)nc3[nH]c2=O)c1. The van der Waals surface area contributed by atoms with Crippen molar-refractivity contribution in [3.05, 3.63) is 57.0 Å². The second-order valence-corrected chi connectivity index (χ2v) is 5.95. The van der Waals surface area contributed by atoms with Gasteiger partial charge in [-0.3, -0.25) is 9.59 Å². The number of nitrogens with one attached hydrogen (secondary N) is 2. The monoisotopic (exact) mass is 402 g/mol. The van der Waals surface area contributed by atoms with E-state index in [0.717, 1.165) is 0 Å². The Labute approximate surface area is 163 Å². The molecule has 3 rings (SSSR count). The van der Waals surface area contributed by atoms with Gasteiger partial charge in [-0.15, -0.1) is 0 Å². The number of ether oxygens (including phenoxy) is 2. The van der Waals surface area contributed by atoms with Crippen LogP contribution in [0.25, 0.3) is 11.0 Å². The highest BCUT2D eigenvalue weighted by Crippen LogP contribution is 2.24. The van der Waals surface area contributed by atoms with E-state index in [4.69, 9.17) is 21.1 Å². The lowest BCUT2D eigenvalue weighted by Gasteiger charge is -2.09. The third-order valence-corrected chi connectivity index (χ3v) is 4.05. The molecule has 2 heterocycles. The molecule has 0 aliphatic heterocycles. The summed E-state index contributed by atoms with van der Waals surface area (Å²) >= 11 is 6.09. The Bertz CT molecular complexity index is 1130. The number of amides is 1. The molecule has 0 unspecified atom stereocenters. The molecule has 1 amide bonds. The summed E-state index contributed by atoms with van der Waals surface area (Å²) in [5.41, 5.74) is -0.199. The number of H-pyrrole nitrogens is 1. The Morgan fingerprint density at radius 2 is 2.07 bits per heavy atom. The van der Waals surface area contributed by atoms with E-state index in [1.54, 1.807) is 6.92 Å². The number of benzene rings is 1. The zero-order valence-corrected chi connectivity index (χ0v) is 15.7. The van der Waals surface area contributed by atoms with Gasteiger partial charge in [-0.2, -0.15) is 4.98 Å². The topological polar surface area (TPSA) is 123 Å². The summed E-state index contributed by atoms with van der Waals surface area (Å²) in [6, 6.07) is 5.74. The number of hydrogen-bond donors (Lipinski definition) is 2. The highest BCUT2D eigenvalue weighted by atomic mass is 35.5. The van der Waals surface area contributed by atoms with Gasteiger partial charge in [0.25, 0.3) is 11.5 Å². The van der Waals surface area contributed by atoms with Crippen molar-refractivity contribution < 1.29 is 19.1 Å². The standard InChI is InChI=1S/C18H15ClN4O5/c1-3-28-17(26)9-4-5-12(19)13(7-9)21-15(24)11-6-10-8-20-18(27-2)23-14(10)22-16(11)25/h4-8H,3H2,1-2H3,(H,21,24)(H,20,22,23,25). The van der Waals surface area contributed by atoms with Crippen molar-refractivity contribution in [1.82, 2.24) is 15.0 Å². The van der Waals surface area contributed by atoms with Crippen molar-refractivity contribution in [2.24, 2.45) is 0 Å². The molecule has 2 aromatic heterocycles. The Morgan fingerprint density at radius 1 is 1.29 bits per heavy atom. The summed E-state index contributed by atoms with van der Waals surface area (Å²) in [5, 5.41) is 3.17. The van der Waals surface area contributed by atoms with Crippen molar-refractivity contribution in [1.29, 1.82) is 0 Å². The predicted octanol–water partition coefficient (Wildman–Crippen LogP) is 2.41. The molecule has 10 heteroatoms. The van der Waals surface area contributed by atoms with Gasteiger partial charge in [0, 0.05) is 11.6 Å². The Hall–Kier alpha value is -3.46. The molecule has 0 aliphatic rings. The molecular formula is C18H15ClN4O5. The number of halogens is 1. The highest BCUT2D eigenvalue weighted by Gasteiger charge is 2.16. The van der Waals surface area contributed by atoms with E-state index in [1.807, 2.05) is 0 Å². The normalized spacial score (nSPS) is 10.5. The first-order valence-electron chi connectivity index (χ1n) is 8.15. The van der Waals surface area contributed by atoms with Gasteiger partial charge in [0.2, 0.25) is 0 Å². The maximum atomic E-state index is 12.6. The van der Waals surface area contributed by atoms with Gasteiger partial charge in [0.1, 0.15) is 11.2 Å². The van der Waals surface area contributed by atoms with Crippen LogP contribution in [0.15, 0.2) is 35.3 Å². The molecule has 28 heavy (non-hydrogen) atoms. The van der Waals surface area contributed by atoms with Crippen LogP contribution in [0.5, 0.6) is 6.01 Å². The molecule has 0 radical (unpaired) electrons. The zero-order chi connectivity index (χ0) is 20.3. The van der Waals surface area contributed by atoms with E-state index in [1.165, 1.54) is 37.6 Å². The second-order valence-electron chi connectivity index (χ2n) is 5.54. The van der Waals surface area contributed by atoms with Crippen LogP contribution in [0, 0.1) is 0 Å².